The summed E-state index contributed by atoms with van der Waals surface area (Å²) >= 11 is 0. The lowest BCUT2D eigenvalue weighted by Gasteiger charge is -2.34. The lowest BCUT2D eigenvalue weighted by Crippen LogP contribution is -2.40. The van der Waals surface area contributed by atoms with Crippen molar-refractivity contribution in [2.24, 2.45) is 5.73 Å². The smallest absolute Gasteiger partial charge is 0.119 e. The van der Waals surface area contributed by atoms with Crippen molar-refractivity contribution in [1.29, 1.82) is 0 Å². The van der Waals surface area contributed by atoms with Gasteiger partial charge in [0.05, 0.1) is 0 Å². The highest BCUT2D eigenvalue weighted by molar-refractivity contribution is 5.32. The molecule has 0 radical (unpaired) electrons. The van der Waals surface area contributed by atoms with Gasteiger partial charge in [-0.2, -0.15) is 0 Å². The normalized spacial score (nSPS) is 15.9. The SMILES string of the molecule is NCCOc1cccc(C(Cc2ccccc2)CN2CCC2)c1. The minimum absolute atomic E-state index is 0.499. The maximum absolute atomic E-state index is 5.70. The first-order valence-corrected chi connectivity index (χ1v) is 8.54. The van der Waals surface area contributed by atoms with Crippen LogP contribution in [-0.4, -0.2) is 37.7 Å². The number of benzene rings is 2. The van der Waals surface area contributed by atoms with Crippen molar-refractivity contribution in [3.8, 4) is 5.75 Å². The minimum Gasteiger partial charge on any atom is -0.492 e. The lowest BCUT2D eigenvalue weighted by molar-refractivity contribution is 0.169. The van der Waals surface area contributed by atoms with E-state index < -0.39 is 0 Å². The molecule has 1 aliphatic rings. The molecule has 1 heterocycles. The summed E-state index contributed by atoms with van der Waals surface area (Å²) in [7, 11) is 0. The largest absolute Gasteiger partial charge is 0.492 e. The number of nitrogens with zero attached hydrogens (tertiary/aromatic N) is 1. The molecule has 2 N–H and O–H groups in total. The van der Waals surface area contributed by atoms with Gasteiger partial charge in [0.15, 0.2) is 0 Å². The van der Waals surface area contributed by atoms with Gasteiger partial charge in [-0.15, -0.1) is 0 Å². The van der Waals surface area contributed by atoms with Crippen LogP contribution in [0, 0.1) is 0 Å². The van der Waals surface area contributed by atoms with Gasteiger partial charge in [-0.1, -0.05) is 42.5 Å². The van der Waals surface area contributed by atoms with Gasteiger partial charge in [0, 0.05) is 19.0 Å². The van der Waals surface area contributed by atoms with Gasteiger partial charge in [-0.25, -0.2) is 0 Å². The first-order valence-electron chi connectivity index (χ1n) is 8.54. The number of hydrogen-bond acceptors (Lipinski definition) is 3. The van der Waals surface area contributed by atoms with Gasteiger partial charge in [-0.3, -0.25) is 0 Å². The van der Waals surface area contributed by atoms with E-state index in [1.807, 2.05) is 6.07 Å². The standard InChI is InChI=1S/C20H26N2O/c21-10-13-23-20-9-4-8-18(15-20)19(16-22-11-5-12-22)14-17-6-2-1-3-7-17/h1-4,6-9,15,19H,5,10-14,16,21H2. The summed E-state index contributed by atoms with van der Waals surface area (Å²) in [5.74, 6) is 1.42. The van der Waals surface area contributed by atoms with E-state index in [9.17, 15) is 0 Å². The summed E-state index contributed by atoms with van der Waals surface area (Å²) in [6.07, 6.45) is 2.40. The van der Waals surface area contributed by atoms with Gasteiger partial charge in [0.2, 0.25) is 0 Å². The summed E-state index contributed by atoms with van der Waals surface area (Å²) in [5.41, 5.74) is 8.29. The summed E-state index contributed by atoms with van der Waals surface area (Å²) < 4.78 is 5.70. The summed E-state index contributed by atoms with van der Waals surface area (Å²) in [6, 6.07) is 19.3. The fraction of sp³-hybridized carbons (Fsp3) is 0.400. The van der Waals surface area contributed by atoms with Crippen molar-refractivity contribution in [3.63, 3.8) is 0 Å². The average Bonchev–Trinajstić information content (AvgIpc) is 2.56. The molecule has 0 bridgehead atoms. The van der Waals surface area contributed by atoms with Crippen LogP contribution in [0.4, 0.5) is 0 Å². The van der Waals surface area contributed by atoms with Crippen LogP contribution in [-0.2, 0) is 6.42 Å². The highest BCUT2D eigenvalue weighted by Crippen LogP contribution is 2.27. The molecular weight excluding hydrogens is 284 g/mol. The topological polar surface area (TPSA) is 38.5 Å². The third kappa shape index (κ3) is 4.57. The van der Waals surface area contributed by atoms with Crippen molar-refractivity contribution in [3.05, 3.63) is 65.7 Å². The second-order valence-corrected chi connectivity index (χ2v) is 6.25. The highest BCUT2D eigenvalue weighted by atomic mass is 16.5. The monoisotopic (exact) mass is 310 g/mol. The summed E-state index contributed by atoms with van der Waals surface area (Å²) in [5, 5.41) is 0. The molecule has 23 heavy (non-hydrogen) atoms. The zero-order valence-corrected chi connectivity index (χ0v) is 13.7. The molecular formula is C20H26N2O. The Morgan fingerprint density at radius 1 is 1.04 bits per heavy atom. The second kappa shape index (κ2) is 8.14. The molecule has 3 nitrogen and oxygen atoms in total. The number of rotatable bonds is 8. The van der Waals surface area contributed by atoms with Crippen molar-refractivity contribution in [2.45, 2.75) is 18.8 Å². The molecule has 122 valence electrons. The minimum atomic E-state index is 0.499. The zero-order valence-electron chi connectivity index (χ0n) is 13.7. The fourth-order valence-corrected chi connectivity index (χ4v) is 3.10. The third-order valence-corrected chi connectivity index (χ3v) is 4.47. The van der Waals surface area contributed by atoms with Crippen LogP contribution in [0.3, 0.4) is 0 Å². The van der Waals surface area contributed by atoms with E-state index in [1.54, 1.807) is 0 Å². The van der Waals surface area contributed by atoms with Crippen molar-refractivity contribution in [1.82, 2.24) is 4.90 Å². The Balaban J connectivity index is 1.76. The maximum atomic E-state index is 5.70. The van der Waals surface area contributed by atoms with Crippen LogP contribution >= 0.6 is 0 Å². The predicted molar refractivity (Wildman–Crippen MR) is 94.9 cm³/mol. The van der Waals surface area contributed by atoms with Crippen LogP contribution in [0.25, 0.3) is 0 Å². The first-order chi connectivity index (χ1) is 11.3. The Labute approximate surface area is 139 Å². The molecule has 0 aliphatic carbocycles. The zero-order chi connectivity index (χ0) is 15.9. The van der Waals surface area contributed by atoms with E-state index in [0.29, 0.717) is 19.1 Å². The molecule has 3 rings (SSSR count). The molecule has 0 aromatic heterocycles. The predicted octanol–water partition coefficient (Wildman–Crippen LogP) is 3.06. The van der Waals surface area contributed by atoms with Gasteiger partial charge in [0.1, 0.15) is 12.4 Å². The molecule has 1 aliphatic heterocycles. The molecule has 2 aromatic rings. The van der Waals surface area contributed by atoms with Crippen LogP contribution in [0.5, 0.6) is 5.75 Å². The van der Waals surface area contributed by atoms with E-state index in [1.165, 1.54) is 30.6 Å². The second-order valence-electron chi connectivity index (χ2n) is 6.25. The third-order valence-electron chi connectivity index (χ3n) is 4.47. The van der Waals surface area contributed by atoms with Gasteiger partial charge in [-0.05, 0) is 49.2 Å². The Kier molecular flexibility index (Phi) is 5.67. The van der Waals surface area contributed by atoms with Crippen LogP contribution < -0.4 is 10.5 Å². The van der Waals surface area contributed by atoms with Crippen molar-refractivity contribution < 1.29 is 4.74 Å². The lowest BCUT2D eigenvalue weighted by atomic mass is 9.90. The fourth-order valence-electron chi connectivity index (χ4n) is 3.10. The summed E-state index contributed by atoms with van der Waals surface area (Å²) in [4.78, 5) is 2.54. The Bertz CT molecular complexity index is 596. The molecule has 1 atom stereocenters. The van der Waals surface area contributed by atoms with Gasteiger partial charge < -0.3 is 15.4 Å². The highest BCUT2D eigenvalue weighted by Gasteiger charge is 2.21. The molecule has 1 unspecified atom stereocenters. The Morgan fingerprint density at radius 3 is 2.57 bits per heavy atom. The van der Waals surface area contributed by atoms with E-state index in [2.05, 4.69) is 53.4 Å². The average molecular weight is 310 g/mol. The van der Waals surface area contributed by atoms with E-state index in [-0.39, 0.29) is 0 Å². The molecule has 0 amide bonds. The van der Waals surface area contributed by atoms with Crippen molar-refractivity contribution >= 4 is 0 Å². The van der Waals surface area contributed by atoms with Crippen LogP contribution in [0.2, 0.25) is 0 Å². The molecule has 2 aromatic carbocycles. The van der Waals surface area contributed by atoms with E-state index in [0.717, 1.165) is 18.7 Å². The van der Waals surface area contributed by atoms with Crippen LogP contribution in [0.1, 0.15) is 23.5 Å². The Hall–Kier alpha value is -1.84. The maximum Gasteiger partial charge on any atom is 0.119 e. The molecule has 3 heteroatoms. The van der Waals surface area contributed by atoms with Crippen molar-refractivity contribution in [2.75, 3.05) is 32.8 Å². The van der Waals surface area contributed by atoms with E-state index in [4.69, 9.17) is 10.5 Å². The number of likely N-dealkylation sites (tertiary alicyclic amines) is 1. The number of hydrogen-bond donors (Lipinski definition) is 1. The van der Waals surface area contributed by atoms with Gasteiger partial charge >= 0.3 is 0 Å². The molecule has 1 saturated heterocycles. The van der Waals surface area contributed by atoms with E-state index >= 15 is 0 Å². The number of ether oxygens (including phenoxy) is 1. The Morgan fingerprint density at radius 2 is 1.87 bits per heavy atom. The van der Waals surface area contributed by atoms with Gasteiger partial charge in [0.25, 0.3) is 0 Å². The quantitative estimate of drug-likeness (QED) is 0.814. The molecule has 1 fully saturated rings. The molecule has 0 spiro atoms. The summed E-state index contributed by atoms with van der Waals surface area (Å²) in [6.45, 7) is 4.70. The number of nitrogens with two attached hydrogens (primary N) is 1. The first kappa shape index (κ1) is 16.0. The van der Waals surface area contributed by atoms with Crippen LogP contribution in [0.15, 0.2) is 54.6 Å². The molecule has 0 saturated carbocycles.